The summed E-state index contributed by atoms with van der Waals surface area (Å²) < 4.78 is 0. The van der Waals surface area contributed by atoms with Crippen molar-refractivity contribution >= 4 is 0 Å². The summed E-state index contributed by atoms with van der Waals surface area (Å²) in [5.41, 5.74) is 2.84. The summed E-state index contributed by atoms with van der Waals surface area (Å²) in [6.45, 7) is 8.19. The zero-order chi connectivity index (χ0) is 10.8. The van der Waals surface area contributed by atoms with Crippen molar-refractivity contribution in [3.8, 4) is 0 Å². The minimum atomic E-state index is -0.643. The van der Waals surface area contributed by atoms with E-state index in [0.29, 0.717) is 0 Å². The van der Waals surface area contributed by atoms with Gasteiger partial charge in [-0.15, -0.1) is 0 Å². The Morgan fingerprint density at radius 1 is 1.14 bits per heavy atom. The van der Waals surface area contributed by atoms with E-state index in [-0.39, 0.29) is 0 Å². The van der Waals surface area contributed by atoms with Gasteiger partial charge in [0.1, 0.15) is 0 Å². The number of hydrogen-bond donors (Lipinski definition) is 1. The van der Waals surface area contributed by atoms with Crippen LogP contribution in [0.4, 0.5) is 0 Å². The lowest BCUT2D eigenvalue weighted by Gasteiger charge is -2.28. The van der Waals surface area contributed by atoms with E-state index in [4.69, 9.17) is 0 Å². The summed E-state index contributed by atoms with van der Waals surface area (Å²) in [7, 11) is 0. The lowest BCUT2D eigenvalue weighted by molar-refractivity contribution is 0.0277. The van der Waals surface area contributed by atoms with Gasteiger partial charge in [0, 0.05) is 0 Å². The van der Waals surface area contributed by atoms with Crippen molar-refractivity contribution in [2.75, 3.05) is 0 Å². The molecule has 0 atom stereocenters. The molecule has 0 unspecified atom stereocenters. The average Bonchev–Trinajstić information content (AvgIpc) is 2.20. The molecule has 0 bridgehead atoms. The lowest BCUT2D eigenvalue weighted by Crippen LogP contribution is -2.24. The van der Waals surface area contributed by atoms with Crippen LogP contribution in [0, 0.1) is 13.8 Å². The molecular formula is C13H20O. The Morgan fingerprint density at radius 3 is 2.21 bits per heavy atom. The molecule has 0 fully saturated rings. The van der Waals surface area contributed by atoms with Crippen LogP contribution < -0.4 is 0 Å². The van der Waals surface area contributed by atoms with Crippen molar-refractivity contribution in [2.24, 2.45) is 0 Å². The largest absolute Gasteiger partial charge is 0.385 e. The van der Waals surface area contributed by atoms with Crippen LogP contribution in [0.3, 0.4) is 0 Å². The van der Waals surface area contributed by atoms with Gasteiger partial charge in [0.15, 0.2) is 0 Å². The maximum Gasteiger partial charge on any atom is 0.0894 e. The molecule has 1 heteroatoms. The van der Waals surface area contributed by atoms with Crippen LogP contribution in [0.25, 0.3) is 0 Å². The minimum Gasteiger partial charge on any atom is -0.385 e. The van der Waals surface area contributed by atoms with E-state index in [1.54, 1.807) is 0 Å². The normalized spacial score (nSPS) is 11.8. The van der Waals surface area contributed by atoms with Gasteiger partial charge >= 0.3 is 0 Å². The maximum atomic E-state index is 10.4. The first-order chi connectivity index (χ1) is 6.53. The molecule has 0 amide bonds. The second kappa shape index (κ2) is 4.14. The first kappa shape index (κ1) is 11.3. The molecule has 0 saturated heterocycles. The van der Waals surface area contributed by atoms with Crippen molar-refractivity contribution in [2.45, 2.75) is 46.1 Å². The molecule has 0 aliphatic heterocycles. The van der Waals surface area contributed by atoms with Gasteiger partial charge in [-0.25, -0.2) is 0 Å². The van der Waals surface area contributed by atoms with Gasteiger partial charge in [-0.05, 0) is 37.8 Å². The van der Waals surface area contributed by atoms with E-state index < -0.39 is 5.60 Å². The minimum absolute atomic E-state index is 0.643. The predicted octanol–water partition coefficient (Wildman–Crippen LogP) is 3.31. The van der Waals surface area contributed by atoms with Crippen LogP contribution in [0.1, 0.15) is 43.4 Å². The molecule has 0 spiro atoms. The Morgan fingerprint density at radius 2 is 1.71 bits per heavy atom. The molecular weight excluding hydrogens is 172 g/mol. The van der Waals surface area contributed by atoms with Crippen molar-refractivity contribution < 1.29 is 5.11 Å². The topological polar surface area (TPSA) is 20.2 Å². The quantitative estimate of drug-likeness (QED) is 0.779. The summed E-state index contributed by atoms with van der Waals surface area (Å²) >= 11 is 0. The molecule has 78 valence electrons. The Bertz CT molecular complexity index is 311. The van der Waals surface area contributed by atoms with Gasteiger partial charge in [-0.3, -0.25) is 0 Å². The molecule has 0 saturated carbocycles. The molecule has 1 aromatic rings. The number of rotatable bonds is 3. The first-order valence-electron chi connectivity index (χ1n) is 5.33. The van der Waals surface area contributed by atoms with E-state index in [1.165, 1.54) is 11.1 Å². The van der Waals surface area contributed by atoms with Gasteiger partial charge in [-0.2, -0.15) is 0 Å². The Balaban J connectivity index is 3.22. The van der Waals surface area contributed by atoms with Gasteiger partial charge in [-0.1, -0.05) is 37.6 Å². The molecule has 0 aliphatic carbocycles. The molecule has 1 nitrogen and oxygen atoms in total. The third-order valence-electron chi connectivity index (χ3n) is 3.06. The average molecular weight is 192 g/mol. The van der Waals surface area contributed by atoms with E-state index in [2.05, 4.69) is 32.0 Å². The van der Waals surface area contributed by atoms with Crippen molar-refractivity contribution in [3.05, 3.63) is 34.9 Å². The van der Waals surface area contributed by atoms with Gasteiger partial charge < -0.3 is 5.11 Å². The van der Waals surface area contributed by atoms with E-state index in [9.17, 15) is 5.11 Å². The van der Waals surface area contributed by atoms with Crippen molar-refractivity contribution in [3.63, 3.8) is 0 Å². The molecule has 0 heterocycles. The zero-order valence-electron chi connectivity index (χ0n) is 9.59. The highest BCUT2D eigenvalue weighted by Gasteiger charge is 2.26. The summed E-state index contributed by atoms with van der Waals surface area (Å²) in [4.78, 5) is 0. The van der Waals surface area contributed by atoms with Crippen LogP contribution >= 0.6 is 0 Å². The zero-order valence-corrected chi connectivity index (χ0v) is 9.59. The van der Waals surface area contributed by atoms with Gasteiger partial charge in [0.25, 0.3) is 0 Å². The highest BCUT2D eigenvalue weighted by molar-refractivity contribution is 5.34. The molecule has 1 rings (SSSR count). The van der Waals surface area contributed by atoms with E-state index in [1.807, 2.05) is 13.8 Å². The molecule has 0 radical (unpaired) electrons. The number of aryl methyl sites for hydroxylation is 2. The van der Waals surface area contributed by atoms with Crippen LogP contribution in [0.5, 0.6) is 0 Å². The third-order valence-corrected chi connectivity index (χ3v) is 3.06. The summed E-state index contributed by atoms with van der Waals surface area (Å²) in [5.74, 6) is 0. The van der Waals surface area contributed by atoms with Crippen molar-refractivity contribution in [1.29, 1.82) is 0 Å². The maximum absolute atomic E-state index is 10.4. The smallest absolute Gasteiger partial charge is 0.0894 e. The molecule has 14 heavy (non-hydrogen) atoms. The van der Waals surface area contributed by atoms with Crippen LogP contribution in [0.2, 0.25) is 0 Å². The Hall–Kier alpha value is -0.820. The predicted molar refractivity (Wildman–Crippen MR) is 60.4 cm³/mol. The van der Waals surface area contributed by atoms with Gasteiger partial charge in [0.05, 0.1) is 5.60 Å². The summed E-state index contributed by atoms with van der Waals surface area (Å²) in [5, 5.41) is 10.4. The first-order valence-corrected chi connectivity index (χ1v) is 5.33. The molecule has 0 aliphatic rings. The fourth-order valence-electron chi connectivity index (χ4n) is 1.87. The second-order valence-corrected chi connectivity index (χ2v) is 4.06. The van der Waals surface area contributed by atoms with E-state index >= 15 is 0 Å². The fourth-order valence-corrected chi connectivity index (χ4v) is 1.87. The highest BCUT2D eigenvalue weighted by Crippen LogP contribution is 2.31. The van der Waals surface area contributed by atoms with E-state index in [0.717, 1.165) is 18.4 Å². The second-order valence-electron chi connectivity index (χ2n) is 4.06. The molecule has 0 aromatic heterocycles. The molecule has 1 aromatic carbocycles. The Labute approximate surface area is 86.8 Å². The van der Waals surface area contributed by atoms with Crippen LogP contribution in [0.15, 0.2) is 18.2 Å². The summed E-state index contributed by atoms with van der Waals surface area (Å²) in [6.07, 6.45) is 1.54. The highest BCUT2D eigenvalue weighted by atomic mass is 16.3. The van der Waals surface area contributed by atoms with Crippen LogP contribution in [-0.2, 0) is 5.60 Å². The Kier molecular flexibility index (Phi) is 3.33. The number of benzene rings is 1. The lowest BCUT2D eigenvalue weighted by atomic mass is 9.85. The summed E-state index contributed by atoms with van der Waals surface area (Å²) in [6, 6.07) is 6.27. The third kappa shape index (κ3) is 1.98. The number of aliphatic hydroxyl groups is 1. The fraction of sp³-hybridized carbons (Fsp3) is 0.538. The van der Waals surface area contributed by atoms with Crippen molar-refractivity contribution in [1.82, 2.24) is 0 Å². The van der Waals surface area contributed by atoms with Crippen LogP contribution in [-0.4, -0.2) is 5.11 Å². The molecule has 1 N–H and O–H groups in total. The monoisotopic (exact) mass is 192 g/mol. The SMILES string of the molecule is CCC(O)(CC)c1cc(C)ccc1C. The van der Waals surface area contributed by atoms with Gasteiger partial charge in [0.2, 0.25) is 0 Å². The number of hydrogen-bond acceptors (Lipinski definition) is 1. The standard InChI is InChI=1S/C13H20O/c1-5-13(14,6-2)12-9-10(3)7-8-11(12)4/h7-9,14H,5-6H2,1-4H3.